The third-order valence-electron chi connectivity index (χ3n) is 2.53. The maximum Gasteiger partial charge on any atom is 0.226 e. The van der Waals surface area contributed by atoms with Gasteiger partial charge in [0.1, 0.15) is 0 Å². The van der Waals surface area contributed by atoms with Crippen molar-refractivity contribution in [2.45, 2.75) is 25.8 Å². The van der Waals surface area contributed by atoms with E-state index >= 15 is 0 Å². The summed E-state index contributed by atoms with van der Waals surface area (Å²) in [6.07, 6.45) is 1.38. The maximum absolute atomic E-state index is 11.6. The minimum atomic E-state index is 0. The van der Waals surface area contributed by atoms with Crippen molar-refractivity contribution in [2.24, 2.45) is 0 Å². The van der Waals surface area contributed by atoms with Crippen molar-refractivity contribution in [3.63, 3.8) is 0 Å². The van der Waals surface area contributed by atoms with Crippen LogP contribution in [0.1, 0.15) is 17.8 Å². The smallest absolute Gasteiger partial charge is 0.226 e. The quantitative estimate of drug-likeness (QED) is 0.710. The number of aromatic amines is 1. The van der Waals surface area contributed by atoms with Gasteiger partial charge >= 0.3 is 0 Å². The van der Waals surface area contributed by atoms with E-state index in [4.69, 9.17) is 0 Å². The molecule has 0 aliphatic carbocycles. The van der Waals surface area contributed by atoms with Gasteiger partial charge in [-0.3, -0.25) is 9.89 Å². The van der Waals surface area contributed by atoms with E-state index in [2.05, 4.69) is 20.8 Å². The zero-order valence-corrected chi connectivity index (χ0v) is 10.1. The van der Waals surface area contributed by atoms with Crippen LogP contribution in [0.2, 0.25) is 0 Å². The molecule has 1 saturated heterocycles. The number of carbonyl (C=O) groups is 1. The Morgan fingerprint density at radius 3 is 3.06 bits per heavy atom. The molecule has 1 fully saturated rings. The molecular weight excluding hydrogens is 228 g/mol. The number of hydrogen-bond donors (Lipinski definition) is 3. The number of rotatable bonds is 3. The lowest BCUT2D eigenvalue weighted by atomic mass is 10.2. The lowest BCUT2D eigenvalue weighted by Gasteiger charge is -2.09. The summed E-state index contributed by atoms with van der Waals surface area (Å²) in [5.74, 6) is 0.0511. The molecule has 2 rings (SSSR count). The van der Waals surface area contributed by atoms with Gasteiger partial charge in [-0.15, -0.1) is 12.4 Å². The predicted octanol–water partition coefficient (Wildman–Crippen LogP) is 0.161. The number of aromatic nitrogens is 2. The Hall–Kier alpha value is -1.07. The number of halogens is 1. The van der Waals surface area contributed by atoms with E-state index in [9.17, 15) is 4.79 Å². The molecule has 1 unspecified atom stereocenters. The molecule has 2 heterocycles. The summed E-state index contributed by atoms with van der Waals surface area (Å²) in [5, 5.41) is 13.0. The van der Waals surface area contributed by atoms with Gasteiger partial charge < -0.3 is 10.6 Å². The summed E-state index contributed by atoms with van der Waals surface area (Å²) >= 11 is 0. The second kappa shape index (κ2) is 5.86. The SMILES string of the molecule is Cc1cc(CC(=O)NC2CCNC2)n[nH]1.Cl. The van der Waals surface area contributed by atoms with Crippen LogP contribution in [0.5, 0.6) is 0 Å². The number of carbonyl (C=O) groups excluding carboxylic acids is 1. The summed E-state index contributed by atoms with van der Waals surface area (Å²) in [7, 11) is 0. The van der Waals surface area contributed by atoms with E-state index in [0.29, 0.717) is 6.42 Å². The molecular formula is C10H17ClN4O. The Bertz CT molecular complexity index is 346. The summed E-state index contributed by atoms with van der Waals surface area (Å²) in [5.41, 5.74) is 1.79. The third kappa shape index (κ3) is 3.50. The molecule has 0 saturated carbocycles. The topological polar surface area (TPSA) is 69.8 Å². The van der Waals surface area contributed by atoms with E-state index in [1.807, 2.05) is 13.0 Å². The van der Waals surface area contributed by atoms with Crippen LogP contribution in [0.15, 0.2) is 6.07 Å². The molecule has 1 aliphatic heterocycles. The van der Waals surface area contributed by atoms with Crippen molar-refractivity contribution < 1.29 is 4.79 Å². The van der Waals surface area contributed by atoms with Gasteiger partial charge in [-0.25, -0.2) is 0 Å². The minimum absolute atomic E-state index is 0. The molecule has 1 aromatic rings. The zero-order chi connectivity index (χ0) is 10.7. The molecule has 1 amide bonds. The molecule has 3 N–H and O–H groups in total. The maximum atomic E-state index is 11.6. The van der Waals surface area contributed by atoms with Crippen LogP contribution in [-0.4, -0.2) is 35.2 Å². The molecule has 90 valence electrons. The van der Waals surface area contributed by atoms with E-state index in [-0.39, 0.29) is 24.4 Å². The monoisotopic (exact) mass is 244 g/mol. The fourth-order valence-electron chi connectivity index (χ4n) is 1.79. The summed E-state index contributed by atoms with van der Waals surface area (Å²) in [6.45, 7) is 3.80. The van der Waals surface area contributed by atoms with Crippen molar-refractivity contribution in [1.82, 2.24) is 20.8 Å². The molecule has 1 aliphatic rings. The van der Waals surface area contributed by atoms with E-state index < -0.39 is 0 Å². The van der Waals surface area contributed by atoms with Crippen LogP contribution in [0, 0.1) is 6.92 Å². The molecule has 0 spiro atoms. The first-order valence-electron chi connectivity index (χ1n) is 5.25. The fraction of sp³-hybridized carbons (Fsp3) is 0.600. The molecule has 0 aromatic carbocycles. The minimum Gasteiger partial charge on any atom is -0.352 e. The van der Waals surface area contributed by atoms with Crippen LogP contribution in [0.25, 0.3) is 0 Å². The Balaban J connectivity index is 0.00000128. The van der Waals surface area contributed by atoms with Crippen LogP contribution in [0.4, 0.5) is 0 Å². The number of amides is 1. The average Bonchev–Trinajstić information content (AvgIpc) is 2.77. The normalized spacial score (nSPS) is 19.2. The highest BCUT2D eigenvalue weighted by atomic mass is 35.5. The van der Waals surface area contributed by atoms with Crippen molar-refractivity contribution in [3.05, 3.63) is 17.5 Å². The highest BCUT2D eigenvalue weighted by molar-refractivity contribution is 5.85. The van der Waals surface area contributed by atoms with Gasteiger partial charge in [0.2, 0.25) is 5.91 Å². The number of nitrogens with zero attached hydrogens (tertiary/aromatic N) is 1. The lowest BCUT2D eigenvalue weighted by Crippen LogP contribution is -2.37. The van der Waals surface area contributed by atoms with Gasteiger partial charge in [0.05, 0.1) is 12.1 Å². The van der Waals surface area contributed by atoms with Gasteiger partial charge in [0.15, 0.2) is 0 Å². The van der Waals surface area contributed by atoms with Crippen LogP contribution in [0.3, 0.4) is 0 Å². The van der Waals surface area contributed by atoms with Crippen LogP contribution >= 0.6 is 12.4 Å². The van der Waals surface area contributed by atoms with E-state index in [0.717, 1.165) is 30.9 Å². The Morgan fingerprint density at radius 2 is 2.50 bits per heavy atom. The van der Waals surface area contributed by atoms with Gasteiger partial charge in [-0.2, -0.15) is 5.10 Å². The van der Waals surface area contributed by atoms with Crippen LogP contribution in [-0.2, 0) is 11.2 Å². The molecule has 1 aromatic heterocycles. The zero-order valence-electron chi connectivity index (χ0n) is 9.25. The van der Waals surface area contributed by atoms with Crippen molar-refractivity contribution in [3.8, 4) is 0 Å². The second-order valence-electron chi connectivity index (χ2n) is 3.98. The number of nitrogens with one attached hydrogen (secondary N) is 3. The molecule has 16 heavy (non-hydrogen) atoms. The van der Waals surface area contributed by atoms with E-state index in [1.54, 1.807) is 0 Å². The summed E-state index contributed by atoms with van der Waals surface area (Å²) in [4.78, 5) is 11.6. The average molecular weight is 245 g/mol. The molecule has 5 nitrogen and oxygen atoms in total. The van der Waals surface area contributed by atoms with Crippen LogP contribution < -0.4 is 10.6 Å². The van der Waals surface area contributed by atoms with Crippen molar-refractivity contribution in [2.75, 3.05) is 13.1 Å². The highest BCUT2D eigenvalue weighted by Gasteiger charge is 2.16. The molecule has 6 heteroatoms. The van der Waals surface area contributed by atoms with Gasteiger partial charge in [0.25, 0.3) is 0 Å². The first-order valence-corrected chi connectivity index (χ1v) is 5.25. The van der Waals surface area contributed by atoms with Crippen molar-refractivity contribution in [1.29, 1.82) is 0 Å². The third-order valence-corrected chi connectivity index (χ3v) is 2.53. The number of aryl methyl sites for hydroxylation is 1. The first-order chi connectivity index (χ1) is 7.24. The Labute approximate surface area is 101 Å². The van der Waals surface area contributed by atoms with Gasteiger partial charge in [-0.05, 0) is 26.0 Å². The Kier molecular flexibility index (Phi) is 4.76. The first kappa shape index (κ1) is 13.0. The highest BCUT2D eigenvalue weighted by Crippen LogP contribution is 2.01. The number of H-pyrrole nitrogens is 1. The van der Waals surface area contributed by atoms with Crippen molar-refractivity contribution >= 4 is 18.3 Å². The predicted molar refractivity (Wildman–Crippen MR) is 63.7 cm³/mol. The van der Waals surface area contributed by atoms with Gasteiger partial charge in [0, 0.05) is 18.3 Å². The van der Waals surface area contributed by atoms with Gasteiger partial charge in [-0.1, -0.05) is 0 Å². The van der Waals surface area contributed by atoms with E-state index in [1.165, 1.54) is 0 Å². The summed E-state index contributed by atoms with van der Waals surface area (Å²) < 4.78 is 0. The Morgan fingerprint density at radius 1 is 1.69 bits per heavy atom. The molecule has 0 radical (unpaired) electrons. The second-order valence-corrected chi connectivity index (χ2v) is 3.98. The fourth-order valence-corrected chi connectivity index (χ4v) is 1.79. The standard InChI is InChI=1S/C10H16N4O.ClH/c1-7-4-9(14-13-7)5-10(15)12-8-2-3-11-6-8;/h4,8,11H,2-3,5-6H2,1H3,(H,12,15)(H,13,14);1H. The number of hydrogen-bond acceptors (Lipinski definition) is 3. The summed E-state index contributed by atoms with van der Waals surface area (Å²) in [6, 6.07) is 2.18. The largest absolute Gasteiger partial charge is 0.352 e. The molecule has 0 bridgehead atoms. The lowest BCUT2D eigenvalue weighted by molar-refractivity contribution is -0.121. The molecule has 1 atom stereocenters.